The minimum atomic E-state index is 0.633. The second-order valence-electron chi connectivity index (χ2n) is 3.83. The lowest BCUT2D eigenvalue weighted by Crippen LogP contribution is -2.28. The molecular formula is C13H20ClN. The second-order valence-corrected chi connectivity index (χ2v) is 4.27. The normalized spacial score (nSPS) is 12.7. The fourth-order valence-corrected chi connectivity index (χ4v) is 1.99. The molecule has 1 aromatic carbocycles. The molecule has 0 heterocycles. The second kappa shape index (κ2) is 6.86. The molecule has 1 rings (SSSR count). The number of hydrogen-bond acceptors (Lipinski definition) is 1. The fraction of sp³-hybridized carbons (Fsp3) is 0.538. The van der Waals surface area contributed by atoms with Crippen LogP contribution in [-0.4, -0.2) is 12.6 Å². The van der Waals surface area contributed by atoms with Crippen LogP contribution in [-0.2, 0) is 6.42 Å². The van der Waals surface area contributed by atoms with E-state index >= 15 is 0 Å². The van der Waals surface area contributed by atoms with Gasteiger partial charge in [-0.2, -0.15) is 0 Å². The summed E-state index contributed by atoms with van der Waals surface area (Å²) in [5.74, 6) is 0. The lowest BCUT2D eigenvalue weighted by Gasteiger charge is -2.15. The zero-order valence-electron chi connectivity index (χ0n) is 9.59. The van der Waals surface area contributed by atoms with Crippen LogP contribution in [0.3, 0.4) is 0 Å². The van der Waals surface area contributed by atoms with Gasteiger partial charge in [-0.05, 0) is 43.5 Å². The van der Waals surface area contributed by atoms with Crippen LogP contribution in [0.1, 0.15) is 32.3 Å². The van der Waals surface area contributed by atoms with Crippen molar-refractivity contribution in [2.75, 3.05) is 6.54 Å². The van der Waals surface area contributed by atoms with Crippen LogP contribution in [0, 0.1) is 0 Å². The first-order valence-corrected chi connectivity index (χ1v) is 6.11. The van der Waals surface area contributed by atoms with Crippen LogP contribution in [0.2, 0.25) is 5.02 Å². The van der Waals surface area contributed by atoms with Crippen molar-refractivity contribution in [3.05, 3.63) is 34.9 Å². The molecule has 0 saturated heterocycles. The van der Waals surface area contributed by atoms with Crippen molar-refractivity contribution in [1.29, 1.82) is 0 Å². The van der Waals surface area contributed by atoms with Crippen molar-refractivity contribution in [3.8, 4) is 0 Å². The van der Waals surface area contributed by atoms with E-state index in [1.807, 2.05) is 12.1 Å². The summed E-state index contributed by atoms with van der Waals surface area (Å²) in [6.07, 6.45) is 3.48. The first-order valence-electron chi connectivity index (χ1n) is 5.74. The maximum absolute atomic E-state index is 5.94. The van der Waals surface area contributed by atoms with Gasteiger partial charge < -0.3 is 5.32 Å². The molecule has 1 unspecified atom stereocenters. The number of nitrogens with one attached hydrogen (secondary N) is 1. The zero-order valence-corrected chi connectivity index (χ0v) is 10.3. The Labute approximate surface area is 97.8 Å². The Morgan fingerprint density at radius 2 is 2.13 bits per heavy atom. The number of hydrogen-bond donors (Lipinski definition) is 1. The molecule has 0 bridgehead atoms. The van der Waals surface area contributed by atoms with Crippen LogP contribution in [0.25, 0.3) is 0 Å². The van der Waals surface area contributed by atoms with Gasteiger partial charge in [-0.1, -0.05) is 37.6 Å². The standard InChI is InChI=1S/C13H20ClN/c1-3-13(15-4-2)9-8-11-6-5-7-12(14)10-11/h5-7,10,13,15H,3-4,8-9H2,1-2H3. The van der Waals surface area contributed by atoms with E-state index in [2.05, 4.69) is 31.3 Å². The Hall–Kier alpha value is -0.530. The molecule has 1 nitrogen and oxygen atoms in total. The number of benzene rings is 1. The molecular weight excluding hydrogens is 206 g/mol. The summed E-state index contributed by atoms with van der Waals surface area (Å²) in [4.78, 5) is 0. The Morgan fingerprint density at radius 3 is 2.73 bits per heavy atom. The van der Waals surface area contributed by atoms with Gasteiger partial charge in [-0.15, -0.1) is 0 Å². The van der Waals surface area contributed by atoms with E-state index < -0.39 is 0 Å². The third-order valence-electron chi connectivity index (χ3n) is 2.66. The molecule has 0 spiro atoms. The van der Waals surface area contributed by atoms with Gasteiger partial charge in [0.15, 0.2) is 0 Å². The Kier molecular flexibility index (Phi) is 5.74. The van der Waals surface area contributed by atoms with Crippen molar-refractivity contribution in [3.63, 3.8) is 0 Å². The van der Waals surface area contributed by atoms with Gasteiger partial charge in [0.1, 0.15) is 0 Å². The monoisotopic (exact) mass is 225 g/mol. The molecule has 84 valence electrons. The fourth-order valence-electron chi connectivity index (χ4n) is 1.77. The summed E-state index contributed by atoms with van der Waals surface area (Å²) >= 11 is 5.94. The molecule has 0 aliphatic carbocycles. The lowest BCUT2D eigenvalue weighted by molar-refractivity contribution is 0.481. The smallest absolute Gasteiger partial charge is 0.0408 e. The average molecular weight is 226 g/mol. The summed E-state index contributed by atoms with van der Waals surface area (Å²) in [5, 5.41) is 4.32. The minimum absolute atomic E-state index is 0.633. The molecule has 0 radical (unpaired) electrons. The Bertz CT molecular complexity index is 286. The molecule has 1 atom stereocenters. The Morgan fingerprint density at radius 1 is 1.33 bits per heavy atom. The van der Waals surface area contributed by atoms with Crippen molar-refractivity contribution in [2.45, 2.75) is 39.2 Å². The molecule has 0 aliphatic heterocycles. The predicted molar refractivity (Wildman–Crippen MR) is 67.5 cm³/mol. The van der Waals surface area contributed by atoms with Crippen molar-refractivity contribution < 1.29 is 0 Å². The molecule has 15 heavy (non-hydrogen) atoms. The van der Waals surface area contributed by atoms with Crippen molar-refractivity contribution in [1.82, 2.24) is 5.32 Å². The number of aryl methyl sites for hydroxylation is 1. The molecule has 0 saturated carbocycles. The van der Waals surface area contributed by atoms with E-state index in [0.29, 0.717) is 6.04 Å². The first-order chi connectivity index (χ1) is 7.26. The maximum Gasteiger partial charge on any atom is 0.0408 e. The van der Waals surface area contributed by atoms with E-state index in [4.69, 9.17) is 11.6 Å². The third kappa shape index (κ3) is 4.67. The van der Waals surface area contributed by atoms with E-state index in [-0.39, 0.29) is 0 Å². The van der Waals surface area contributed by atoms with Crippen LogP contribution in [0.15, 0.2) is 24.3 Å². The summed E-state index contributed by atoms with van der Waals surface area (Å²) in [7, 11) is 0. The van der Waals surface area contributed by atoms with Gasteiger partial charge in [0.05, 0.1) is 0 Å². The van der Waals surface area contributed by atoms with E-state index in [1.54, 1.807) is 0 Å². The third-order valence-corrected chi connectivity index (χ3v) is 2.89. The van der Waals surface area contributed by atoms with Gasteiger partial charge in [0.25, 0.3) is 0 Å². The largest absolute Gasteiger partial charge is 0.314 e. The lowest BCUT2D eigenvalue weighted by atomic mass is 10.0. The Balaban J connectivity index is 2.41. The SMILES string of the molecule is CCNC(CC)CCc1cccc(Cl)c1. The van der Waals surface area contributed by atoms with Gasteiger partial charge in [0.2, 0.25) is 0 Å². The summed E-state index contributed by atoms with van der Waals surface area (Å²) in [6, 6.07) is 8.78. The predicted octanol–water partition coefficient (Wildman–Crippen LogP) is 3.66. The molecule has 0 aliphatic rings. The van der Waals surface area contributed by atoms with Crippen molar-refractivity contribution >= 4 is 11.6 Å². The van der Waals surface area contributed by atoms with Gasteiger partial charge in [-0.25, -0.2) is 0 Å². The summed E-state index contributed by atoms with van der Waals surface area (Å²) in [6.45, 7) is 5.43. The van der Waals surface area contributed by atoms with Crippen molar-refractivity contribution in [2.24, 2.45) is 0 Å². The van der Waals surface area contributed by atoms with E-state index in [0.717, 1.165) is 18.0 Å². The van der Waals surface area contributed by atoms with Gasteiger partial charge in [0, 0.05) is 11.1 Å². The van der Waals surface area contributed by atoms with E-state index in [9.17, 15) is 0 Å². The van der Waals surface area contributed by atoms with Crippen LogP contribution < -0.4 is 5.32 Å². The van der Waals surface area contributed by atoms with E-state index in [1.165, 1.54) is 18.4 Å². The number of halogens is 1. The van der Waals surface area contributed by atoms with Gasteiger partial charge in [-0.3, -0.25) is 0 Å². The van der Waals surface area contributed by atoms with Crippen LogP contribution in [0.5, 0.6) is 0 Å². The molecule has 1 N–H and O–H groups in total. The first kappa shape index (κ1) is 12.5. The highest BCUT2D eigenvalue weighted by Crippen LogP contribution is 2.13. The average Bonchev–Trinajstić information content (AvgIpc) is 2.24. The summed E-state index contributed by atoms with van der Waals surface area (Å²) < 4.78 is 0. The summed E-state index contributed by atoms with van der Waals surface area (Å²) in [5.41, 5.74) is 1.33. The topological polar surface area (TPSA) is 12.0 Å². The quantitative estimate of drug-likeness (QED) is 0.779. The maximum atomic E-state index is 5.94. The molecule has 0 aromatic heterocycles. The molecule has 1 aromatic rings. The minimum Gasteiger partial charge on any atom is -0.314 e. The highest BCUT2D eigenvalue weighted by molar-refractivity contribution is 6.30. The molecule has 0 amide bonds. The zero-order chi connectivity index (χ0) is 11.1. The van der Waals surface area contributed by atoms with Gasteiger partial charge >= 0.3 is 0 Å². The van der Waals surface area contributed by atoms with Crippen LogP contribution >= 0.6 is 11.6 Å². The molecule has 0 fully saturated rings. The number of rotatable bonds is 6. The van der Waals surface area contributed by atoms with Crippen LogP contribution in [0.4, 0.5) is 0 Å². The highest BCUT2D eigenvalue weighted by atomic mass is 35.5. The highest BCUT2D eigenvalue weighted by Gasteiger charge is 2.04. The molecule has 2 heteroatoms.